The number of aliphatic hydroxyl groups excluding tert-OH is 2. The fourth-order valence-corrected chi connectivity index (χ4v) is 6.01. The molecule has 2 aromatic carbocycles. The number of carbonyl (C=O) groups excluding carboxylic acids is 2. The van der Waals surface area contributed by atoms with Crippen molar-refractivity contribution in [1.82, 2.24) is 10.2 Å². The summed E-state index contributed by atoms with van der Waals surface area (Å²) in [5.41, 5.74) is 3.05. The van der Waals surface area contributed by atoms with Crippen molar-refractivity contribution < 1.29 is 24.5 Å². The Morgan fingerprint density at radius 1 is 1.00 bits per heavy atom. The van der Waals surface area contributed by atoms with Gasteiger partial charge in [-0.2, -0.15) is 0 Å². The van der Waals surface area contributed by atoms with Gasteiger partial charge in [-0.25, -0.2) is 0 Å². The zero-order chi connectivity index (χ0) is 28.4. The van der Waals surface area contributed by atoms with Crippen molar-refractivity contribution in [3.63, 3.8) is 0 Å². The molecule has 2 heterocycles. The first-order chi connectivity index (χ1) is 19.4. The van der Waals surface area contributed by atoms with Crippen LogP contribution in [0.25, 0.3) is 0 Å². The second kappa shape index (κ2) is 14.6. The molecule has 8 heteroatoms. The van der Waals surface area contributed by atoms with Gasteiger partial charge in [-0.1, -0.05) is 74.0 Å². The minimum atomic E-state index is -1.83. The van der Waals surface area contributed by atoms with Crippen LogP contribution in [-0.2, 0) is 32.8 Å². The molecule has 2 atom stereocenters. The van der Waals surface area contributed by atoms with Crippen LogP contribution in [0.15, 0.2) is 72.1 Å². The van der Waals surface area contributed by atoms with Crippen LogP contribution in [0.2, 0.25) is 0 Å². The molecule has 1 aliphatic rings. The van der Waals surface area contributed by atoms with Gasteiger partial charge in [0, 0.05) is 31.1 Å². The van der Waals surface area contributed by atoms with Crippen molar-refractivity contribution >= 4 is 23.2 Å². The molecule has 214 valence electrons. The highest BCUT2D eigenvalue weighted by Gasteiger charge is 2.41. The molecule has 4 rings (SSSR count). The molecule has 0 radical (unpaired) electrons. The molecular formula is C32H40N2O5S. The van der Waals surface area contributed by atoms with Gasteiger partial charge in [0.15, 0.2) is 12.2 Å². The van der Waals surface area contributed by atoms with Gasteiger partial charge in [0.05, 0.1) is 5.60 Å². The summed E-state index contributed by atoms with van der Waals surface area (Å²) in [4.78, 5) is 28.2. The number of aliphatic hydroxyl groups is 2. The van der Waals surface area contributed by atoms with E-state index in [0.29, 0.717) is 45.5 Å². The lowest BCUT2D eigenvalue weighted by atomic mass is 9.83. The molecule has 0 bridgehead atoms. The van der Waals surface area contributed by atoms with Crippen molar-refractivity contribution in [1.29, 1.82) is 0 Å². The third kappa shape index (κ3) is 7.79. The lowest BCUT2D eigenvalue weighted by Gasteiger charge is -2.42. The number of hydrogen-bond donors (Lipinski definition) is 3. The van der Waals surface area contributed by atoms with E-state index >= 15 is 0 Å². The molecule has 0 aliphatic carbocycles. The fraction of sp³-hybridized carbons (Fsp3) is 0.438. The molecule has 0 unspecified atom stereocenters. The van der Waals surface area contributed by atoms with Gasteiger partial charge in [-0.05, 0) is 60.2 Å². The summed E-state index contributed by atoms with van der Waals surface area (Å²) in [5.74, 6) is -1.39. The maximum atomic E-state index is 13.0. The SMILES string of the molecule is CCCCOC1(c2ccccc2)CCN(C(=O)[C@H](O)[C@@H](O)C(=O)NCCc2cc(Cc3ccccc3)cs2)CC1. The van der Waals surface area contributed by atoms with E-state index in [4.69, 9.17) is 4.74 Å². The van der Waals surface area contributed by atoms with Gasteiger partial charge in [0.1, 0.15) is 0 Å². The number of ether oxygens (including phenoxy) is 1. The van der Waals surface area contributed by atoms with Crippen molar-refractivity contribution in [2.45, 2.75) is 63.3 Å². The molecule has 1 aromatic heterocycles. The third-order valence-electron chi connectivity index (χ3n) is 7.51. The first kappa shape index (κ1) is 29.9. The second-order valence-electron chi connectivity index (χ2n) is 10.4. The van der Waals surface area contributed by atoms with Gasteiger partial charge >= 0.3 is 0 Å². The highest BCUT2D eigenvalue weighted by atomic mass is 32.1. The summed E-state index contributed by atoms with van der Waals surface area (Å²) in [5, 5.41) is 25.8. The van der Waals surface area contributed by atoms with Gasteiger partial charge < -0.3 is 25.2 Å². The predicted octanol–water partition coefficient (Wildman–Crippen LogP) is 4.05. The summed E-state index contributed by atoms with van der Waals surface area (Å²) in [7, 11) is 0. The Morgan fingerprint density at radius 2 is 1.68 bits per heavy atom. The number of nitrogens with one attached hydrogen (secondary N) is 1. The molecule has 3 aromatic rings. The van der Waals surface area contributed by atoms with Crippen molar-refractivity contribution in [3.8, 4) is 0 Å². The van der Waals surface area contributed by atoms with E-state index < -0.39 is 29.6 Å². The number of hydrogen-bond acceptors (Lipinski definition) is 6. The number of unbranched alkanes of at least 4 members (excludes halogenated alkanes) is 1. The van der Waals surface area contributed by atoms with Crippen molar-refractivity contribution in [2.24, 2.45) is 0 Å². The predicted molar refractivity (Wildman–Crippen MR) is 157 cm³/mol. The maximum absolute atomic E-state index is 13.0. The standard InChI is InChI=1S/C32H40N2O5S/c1-2-3-20-39-32(26-12-8-5-9-13-26)15-18-34(19-16-32)31(38)29(36)28(35)30(37)33-17-14-27-22-25(23-40-27)21-24-10-6-4-7-11-24/h4-13,22-23,28-29,35-36H,2-3,14-21H2,1H3,(H,33,37)/t28-,29-/m1/s1. The molecule has 1 aliphatic heterocycles. The van der Waals surface area contributed by atoms with Crippen molar-refractivity contribution in [2.75, 3.05) is 26.2 Å². The van der Waals surface area contributed by atoms with Gasteiger partial charge in [-0.15, -0.1) is 11.3 Å². The van der Waals surface area contributed by atoms with E-state index in [9.17, 15) is 19.8 Å². The lowest BCUT2D eigenvalue weighted by Crippen LogP contribution is -2.54. The minimum absolute atomic E-state index is 0.306. The number of piperidine rings is 1. The number of nitrogens with zero attached hydrogens (tertiary/aromatic N) is 1. The first-order valence-electron chi connectivity index (χ1n) is 14.1. The van der Waals surface area contributed by atoms with E-state index in [1.807, 2.05) is 48.5 Å². The zero-order valence-corrected chi connectivity index (χ0v) is 23.9. The van der Waals surface area contributed by atoms with E-state index in [0.717, 1.165) is 29.7 Å². The molecule has 7 nitrogen and oxygen atoms in total. The second-order valence-corrected chi connectivity index (χ2v) is 11.4. The third-order valence-corrected chi connectivity index (χ3v) is 8.55. The number of thiophene rings is 1. The quantitative estimate of drug-likeness (QED) is 0.272. The maximum Gasteiger partial charge on any atom is 0.254 e. The largest absolute Gasteiger partial charge is 0.380 e. The normalized spacial score (nSPS) is 16.3. The first-order valence-corrected chi connectivity index (χ1v) is 15.0. The lowest BCUT2D eigenvalue weighted by molar-refractivity contribution is -0.158. The number of rotatable bonds is 13. The summed E-state index contributed by atoms with van der Waals surface area (Å²) < 4.78 is 6.37. The van der Waals surface area contributed by atoms with Crippen LogP contribution in [0.3, 0.4) is 0 Å². The molecular weight excluding hydrogens is 524 g/mol. The monoisotopic (exact) mass is 564 g/mol. The number of amides is 2. The van der Waals surface area contributed by atoms with Crippen LogP contribution in [0.5, 0.6) is 0 Å². The fourth-order valence-electron chi connectivity index (χ4n) is 5.12. The molecule has 3 N–H and O–H groups in total. The molecule has 0 saturated carbocycles. The van der Waals surface area contributed by atoms with Crippen molar-refractivity contribution in [3.05, 3.63) is 93.7 Å². The average Bonchev–Trinajstić information content (AvgIpc) is 3.44. The molecule has 40 heavy (non-hydrogen) atoms. The van der Waals surface area contributed by atoms with Crippen LogP contribution in [0.1, 0.15) is 54.2 Å². The Labute approximate surface area is 240 Å². The Balaban J connectivity index is 1.24. The smallest absolute Gasteiger partial charge is 0.254 e. The highest BCUT2D eigenvalue weighted by Crippen LogP contribution is 2.37. The zero-order valence-electron chi connectivity index (χ0n) is 23.1. The van der Waals surface area contributed by atoms with Gasteiger partial charge in [0.2, 0.25) is 0 Å². The number of likely N-dealkylation sites (tertiary alicyclic amines) is 1. The van der Waals surface area contributed by atoms with Crippen LogP contribution in [0.4, 0.5) is 0 Å². The van der Waals surface area contributed by atoms with E-state index in [1.165, 1.54) is 16.0 Å². The summed E-state index contributed by atoms with van der Waals surface area (Å²) in [6, 6.07) is 22.4. The van der Waals surface area contributed by atoms with Crippen LogP contribution in [-0.4, -0.2) is 65.4 Å². The van der Waals surface area contributed by atoms with Crippen LogP contribution >= 0.6 is 11.3 Å². The van der Waals surface area contributed by atoms with Gasteiger partial charge in [-0.3, -0.25) is 9.59 Å². The summed E-state index contributed by atoms with van der Waals surface area (Å²) in [6.45, 7) is 3.80. The molecule has 0 spiro atoms. The van der Waals surface area contributed by atoms with E-state index in [1.54, 1.807) is 11.3 Å². The number of carbonyl (C=O) groups is 2. The molecule has 1 fully saturated rings. The number of benzene rings is 2. The Morgan fingerprint density at radius 3 is 2.35 bits per heavy atom. The summed E-state index contributed by atoms with van der Waals surface area (Å²) >= 11 is 1.63. The summed E-state index contributed by atoms with van der Waals surface area (Å²) in [6.07, 6.45) is 0.958. The molecule has 2 amide bonds. The minimum Gasteiger partial charge on any atom is -0.380 e. The Kier molecular flexibility index (Phi) is 10.9. The average molecular weight is 565 g/mol. The van der Waals surface area contributed by atoms with E-state index in [-0.39, 0.29) is 0 Å². The van der Waals surface area contributed by atoms with E-state index in [2.05, 4.69) is 35.8 Å². The Bertz CT molecular complexity index is 1210. The Hall–Kier alpha value is -3.04. The topological polar surface area (TPSA) is 99.1 Å². The highest BCUT2D eigenvalue weighted by molar-refractivity contribution is 7.10. The van der Waals surface area contributed by atoms with Crippen LogP contribution in [0, 0.1) is 0 Å². The molecule has 1 saturated heterocycles. The van der Waals surface area contributed by atoms with Gasteiger partial charge in [0.25, 0.3) is 11.8 Å². The van der Waals surface area contributed by atoms with Crippen LogP contribution < -0.4 is 5.32 Å².